The number of carbonyl (C=O) groups excluding carboxylic acids is 1. The summed E-state index contributed by atoms with van der Waals surface area (Å²) in [5.41, 5.74) is 3.62. The number of hydrogen-bond donors (Lipinski definition) is 0. The minimum atomic E-state index is -0.874. The molecule has 5 heteroatoms. The van der Waals surface area contributed by atoms with Gasteiger partial charge in [-0.2, -0.15) is 0 Å². The monoisotopic (exact) mass is 364 g/mol. The first-order valence-corrected chi connectivity index (χ1v) is 8.87. The van der Waals surface area contributed by atoms with Crippen LogP contribution in [0.3, 0.4) is 0 Å². The van der Waals surface area contributed by atoms with Crippen molar-refractivity contribution < 1.29 is 13.6 Å². The highest BCUT2D eigenvalue weighted by Gasteiger charge is 2.32. The third-order valence-electron chi connectivity index (χ3n) is 4.98. The highest BCUT2D eigenvalue weighted by molar-refractivity contribution is 5.97. The molecule has 4 rings (SSSR count). The Balaban J connectivity index is 1.47. The number of benzene rings is 2. The number of aromatic nitrogens is 1. The SMILES string of the molecule is O=C1[C@H](Cc2ccc(F)c(F)c2)CCN1c1ccc(-c2ccncc2)cc1. The van der Waals surface area contributed by atoms with Gasteiger partial charge in [-0.05, 0) is 65.9 Å². The van der Waals surface area contributed by atoms with E-state index >= 15 is 0 Å². The molecule has 0 bridgehead atoms. The average Bonchev–Trinajstić information content (AvgIpc) is 3.06. The molecule has 27 heavy (non-hydrogen) atoms. The summed E-state index contributed by atoms with van der Waals surface area (Å²) in [5.74, 6) is -1.93. The molecule has 0 radical (unpaired) electrons. The molecular formula is C22H18F2N2O. The van der Waals surface area contributed by atoms with E-state index in [1.807, 2.05) is 36.4 Å². The summed E-state index contributed by atoms with van der Waals surface area (Å²) in [6.45, 7) is 0.627. The van der Waals surface area contributed by atoms with Crippen LogP contribution < -0.4 is 4.90 Å². The van der Waals surface area contributed by atoms with Crippen LogP contribution in [0.2, 0.25) is 0 Å². The summed E-state index contributed by atoms with van der Waals surface area (Å²) in [6.07, 6.45) is 4.61. The highest BCUT2D eigenvalue weighted by atomic mass is 19.2. The van der Waals surface area contributed by atoms with Crippen molar-refractivity contribution in [1.82, 2.24) is 4.98 Å². The normalized spacial score (nSPS) is 16.7. The first-order chi connectivity index (χ1) is 13.1. The molecule has 0 unspecified atom stereocenters. The molecule has 2 aromatic carbocycles. The number of hydrogen-bond acceptors (Lipinski definition) is 2. The molecule has 0 saturated carbocycles. The minimum absolute atomic E-state index is 0.0244. The number of carbonyl (C=O) groups is 1. The van der Waals surface area contributed by atoms with Crippen molar-refractivity contribution in [2.45, 2.75) is 12.8 Å². The molecular weight excluding hydrogens is 346 g/mol. The number of halogens is 2. The molecule has 0 aliphatic carbocycles. The Morgan fingerprint density at radius 1 is 0.926 bits per heavy atom. The van der Waals surface area contributed by atoms with Gasteiger partial charge in [-0.1, -0.05) is 18.2 Å². The quantitative estimate of drug-likeness (QED) is 0.677. The van der Waals surface area contributed by atoms with Gasteiger partial charge in [0, 0.05) is 30.5 Å². The van der Waals surface area contributed by atoms with Crippen molar-refractivity contribution in [3.05, 3.63) is 84.2 Å². The van der Waals surface area contributed by atoms with E-state index in [0.29, 0.717) is 24.9 Å². The predicted octanol–water partition coefficient (Wildman–Crippen LogP) is 4.62. The van der Waals surface area contributed by atoms with Crippen LogP contribution >= 0.6 is 0 Å². The predicted molar refractivity (Wildman–Crippen MR) is 100 cm³/mol. The summed E-state index contributed by atoms with van der Waals surface area (Å²) in [7, 11) is 0. The number of amides is 1. The lowest BCUT2D eigenvalue weighted by atomic mass is 9.98. The Bertz CT molecular complexity index is 958. The fraction of sp³-hybridized carbons (Fsp3) is 0.182. The van der Waals surface area contributed by atoms with Gasteiger partial charge in [-0.3, -0.25) is 9.78 Å². The second kappa shape index (κ2) is 7.27. The number of nitrogens with zero attached hydrogens (tertiary/aromatic N) is 2. The van der Waals surface area contributed by atoms with Gasteiger partial charge >= 0.3 is 0 Å². The lowest BCUT2D eigenvalue weighted by Crippen LogP contribution is -2.27. The molecule has 1 atom stereocenters. The maximum atomic E-state index is 13.4. The standard InChI is InChI=1S/C22H18F2N2O/c23-20-6-1-15(14-21(20)24)13-18-9-12-26(22(18)27)19-4-2-16(3-5-19)17-7-10-25-11-8-17/h1-8,10-11,14,18H,9,12-13H2/t18-/m0/s1. The van der Waals surface area contributed by atoms with Crippen LogP contribution in [0.4, 0.5) is 14.5 Å². The Morgan fingerprint density at radius 3 is 2.33 bits per heavy atom. The van der Waals surface area contributed by atoms with E-state index < -0.39 is 11.6 Å². The van der Waals surface area contributed by atoms with Crippen molar-refractivity contribution >= 4 is 11.6 Å². The van der Waals surface area contributed by atoms with Crippen LogP contribution in [-0.2, 0) is 11.2 Å². The van der Waals surface area contributed by atoms with Crippen molar-refractivity contribution in [3.63, 3.8) is 0 Å². The molecule has 1 aromatic heterocycles. The second-order valence-electron chi connectivity index (χ2n) is 6.71. The van der Waals surface area contributed by atoms with Crippen LogP contribution in [0.15, 0.2) is 67.0 Å². The third kappa shape index (κ3) is 3.58. The van der Waals surface area contributed by atoms with Crippen molar-refractivity contribution in [3.8, 4) is 11.1 Å². The fourth-order valence-corrected chi connectivity index (χ4v) is 3.51. The maximum absolute atomic E-state index is 13.4. The molecule has 1 saturated heterocycles. The van der Waals surface area contributed by atoms with Gasteiger partial charge in [0.15, 0.2) is 11.6 Å². The van der Waals surface area contributed by atoms with Gasteiger partial charge in [-0.15, -0.1) is 0 Å². The topological polar surface area (TPSA) is 33.2 Å². The zero-order chi connectivity index (χ0) is 18.8. The Labute approximate surface area is 156 Å². The molecule has 3 nitrogen and oxygen atoms in total. The first kappa shape index (κ1) is 17.3. The molecule has 136 valence electrons. The molecule has 1 amide bonds. The lowest BCUT2D eigenvalue weighted by molar-refractivity contribution is -0.120. The second-order valence-corrected chi connectivity index (χ2v) is 6.71. The van der Waals surface area contributed by atoms with Gasteiger partial charge in [0.2, 0.25) is 5.91 Å². The lowest BCUT2D eigenvalue weighted by Gasteiger charge is -2.17. The van der Waals surface area contributed by atoms with E-state index in [1.54, 1.807) is 17.3 Å². The fourth-order valence-electron chi connectivity index (χ4n) is 3.51. The van der Waals surface area contributed by atoms with Crippen LogP contribution in [0, 0.1) is 17.6 Å². The summed E-state index contributed by atoms with van der Waals surface area (Å²) in [6, 6.07) is 15.6. The van der Waals surface area contributed by atoms with E-state index in [4.69, 9.17) is 0 Å². The Kier molecular flexibility index (Phi) is 4.67. The van der Waals surface area contributed by atoms with Crippen molar-refractivity contribution in [2.24, 2.45) is 5.92 Å². The average molecular weight is 364 g/mol. The van der Waals surface area contributed by atoms with Gasteiger partial charge in [0.25, 0.3) is 0 Å². The number of pyridine rings is 1. The largest absolute Gasteiger partial charge is 0.312 e. The molecule has 2 heterocycles. The number of anilines is 1. The molecule has 0 spiro atoms. The number of rotatable bonds is 4. The van der Waals surface area contributed by atoms with Gasteiger partial charge in [-0.25, -0.2) is 8.78 Å². The van der Waals surface area contributed by atoms with Crippen molar-refractivity contribution in [1.29, 1.82) is 0 Å². The van der Waals surface area contributed by atoms with E-state index in [9.17, 15) is 13.6 Å². The van der Waals surface area contributed by atoms with Crippen LogP contribution in [-0.4, -0.2) is 17.4 Å². The summed E-state index contributed by atoms with van der Waals surface area (Å²) < 4.78 is 26.5. The smallest absolute Gasteiger partial charge is 0.230 e. The minimum Gasteiger partial charge on any atom is -0.312 e. The van der Waals surface area contributed by atoms with Crippen LogP contribution in [0.1, 0.15) is 12.0 Å². The highest BCUT2D eigenvalue weighted by Crippen LogP contribution is 2.29. The summed E-state index contributed by atoms with van der Waals surface area (Å²) in [5, 5.41) is 0. The van der Waals surface area contributed by atoms with Gasteiger partial charge < -0.3 is 4.90 Å². The van der Waals surface area contributed by atoms with E-state index in [2.05, 4.69) is 4.98 Å². The Morgan fingerprint density at radius 2 is 1.63 bits per heavy atom. The van der Waals surface area contributed by atoms with Gasteiger partial charge in [0.1, 0.15) is 0 Å². The third-order valence-corrected chi connectivity index (χ3v) is 4.98. The summed E-state index contributed by atoms with van der Waals surface area (Å²) >= 11 is 0. The van der Waals surface area contributed by atoms with Crippen LogP contribution in [0.5, 0.6) is 0 Å². The Hall–Kier alpha value is -3.08. The summed E-state index contributed by atoms with van der Waals surface area (Å²) in [4.78, 5) is 18.5. The molecule has 1 fully saturated rings. The first-order valence-electron chi connectivity index (χ1n) is 8.87. The molecule has 1 aliphatic heterocycles. The zero-order valence-electron chi connectivity index (χ0n) is 14.6. The molecule has 0 N–H and O–H groups in total. The van der Waals surface area contributed by atoms with Crippen molar-refractivity contribution in [2.75, 3.05) is 11.4 Å². The van der Waals surface area contributed by atoms with E-state index in [-0.39, 0.29) is 11.8 Å². The zero-order valence-corrected chi connectivity index (χ0v) is 14.6. The maximum Gasteiger partial charge on any atom is 0.230 e. The van der Waals surface area contributed by atoms with Gasteiger partial charge in [0.05, 0.1) is 0 Å². The van der Waals surface area contributed by atoms with Crippen LogP contribution in [0.25, 0.3) is 11.1 Å². The van der Waals surface area contributed by atoms with E-state index in [0.717, 1.165) is 22.9 Å². The molecule has 3 aromatic rings. The molecule has 1 aliphatic rings. The van der Waals surface area contributed by atoms with E-state index in [1.165, 1.54) is 12.1 Å².